The van der Waals surface area contributed by atoms with E-state index in [0.29, 0.717) is 15.0 Å². The van der Waals surface area contributed by atoms with Crippen LogP contribution in [0.25, 0.3) is 6.08 Å². The zero-order valence-corrected chi connectivity index (χ0v) is 13.8. The van der Waals surface area contributed by atoms with E-state index in [-0.39, 0.29) is 5.78 Å². The van der Waals surface area contributed by atoms with Crippen molar-refractivity contribution in [3.05, 3.63) is 50.8 Å². The van der Waals surface area contributed by atoms with Gasteiger partial charge in [-0.05, 0) is 30.2 Å². The molecular weight excluding hydrogens is 316 g/mol. The normalized spacial score (nSPS) is 19.9. The number of benzene rings is 1. The van der Waals surface area contributed by atoms with Gasteiger partial charge >= 0.3 is 0 Å². The van der Waals surface area contributed by atoms with E-state index in [4.69, 9.17) is 10.1 Å². The van der Waals surface area contributed by atoms with Crippen molar-refractivity contribution >= 4 is 40.0 Å². The third kappa shape index (κ3) is 2.71. The minimum absolute atomic E-state index is 0.0514. The molecule has 22 heavy (non-hydrogen) atoms. The smallest absolute Gasteiger partial charge is 0.186 e. The lowest BCUT2D eigenvalue weighted by molar-refractivity contribution is -0.114. The molecule has 6 heteroatoms. The van der Waals surface area contributed by atoms with E-state index in [1.54, 1.807) is 13.3 Å². The molecular formula is C16H14N2O2S2. The summed E-state index contributed by atoms with van der Waals surface area (Å²) < 4.78 is 5.31. The molecule has 0 amide bonds. The molecule has 1 unspecified atom stereocenters. The lowest BCUT2D eigenvalue weighted by Crippen LogP contribution is -2.11. The quantitative estimate of drug-likeness (QED) is 0.868. The largest absolute Gasteiger partial charge is 0.496 e. The first-order chi connectivity index (χ1) is 10.6. The zero-order valence-electron chi connectivity index (χ0n) is 12.1. The maximum Gasteiger partial charge on any atom is 0.186 e. The van der Waals surface area contributed by atoms with Crippen molar-refractivity contribution in [3.63, 3.8) is 0 Å². The van der Waals surface area contributed by atoms with Crippen LogP contribution in [0.15, 0.2) is 34.7 Å². The number of rotatable bonds is 3. The van der Waals surface area contributed by atoms with E-state index in [9.17, 15) is 4.79 Å². The van der Waals surface area contributed by atoms with Gasteiger partial charge in [0.1, 0.15) is 16.7 Å². The maximum atomic E-state index is 12.5. The first-order valence-corrected chi connectivity index (χ1v) is 8.36. The summed E-state index contributed by atoms with van der Waals surface area (Å²) in [6, 6.07) is 5.80. The van der Waals surface area contributed by atoms with Crippen LogP contribution in [0.5, 0.6) is 5.75 Å². The Morgan fingerprint density at radius 3 is 2.91 bits per heavy atom. The van der Waals surface area contributed by atoms with Crippen molar-refractivity contribution in [3.8, 4) is 5.75 Å². The molecule has 1 fully saturated rings. The Bertz CT molecular complexity index is 766. The number of hydrogen-bond donors (Lipinski definition) is 1. The number of ketones is 1. The van der Waals surface area contributed by atoms with Crippen molar-refractivity contribution in [1.82, 2.24) is 4.98 Å². The van der Waals surface area contributed by atoms with E-state index < -0.39 is 5.92 Å². The summed E-state index contributed by atoms with van der Waals surface area (Å²) in [7, 11) is 1.63. The predicted octanol–water partition coefficient (Wildman–Crippen LogP) is 3.88. The van der Waals surface area contributed by atoms with Crippen molar-refractivity contribution in [2.45, 2.75) is 12.8 Å². The number of nitrogens with one attached hydrogen (secondary N) is 1. The summed E-state index contributed by atoms with van der Waals surface area (Å²) in [5.41, 5.74) is 1.94. The predicted molar refractivity (Wildman–Crippen MR) is 90.9 cm³/mol. The molecule has 1 aromatic heterocycles. The summed E-state index contributed by atoms with van der Waals surface area (Å²) in [5.74, 6) is 0.199. The van der Waals surface area contributed by atoms with Crippen LogP contribution in [0, 0.1) is 12.3 Å². The molecule has 0 bridgehead atoms. The van der Waals surface area contributed by atoms with Crippen molar-refractivity contribution in [2.24, 2.45) is 0 Å². The Hall–Kier alpha value is -1.92. The van der Waals surface area contributed by atoms with E-state index in [1.165, 1.54) is 23.1 Å². The van der Waals surface area contributed by atoms with Gasteiger partial charge in [0.05, 0.1) is 17.1 Å². The number of thioether (sulfide) groups is 1. The van der Waals surface area contributed by atoms with Crippen LogP contribution in [0.3, 0.4) is 0 Å². The molecule has 1 aliphatic heterocycles. The summed E-state index contributed by atoms with van der Waals surface area (Å²) in [4.78, 5) is 17.3. The first-order valence-electron chi connectivity index (χ1n) is 6.66. The van der Waals surface area contributed by atoms with Gasteiger partial charge in [0, 0.05) is 11.6 Å². The number of carbonyl (C=O) groups excluding carboxylic acids is 1. The number of allylic oxidation sites excluding steroid dienone is 1. The molecule has 2 aromatic rings. The van der Waals surface area contributed by atoms with Gasteiger partial charge in [-0.25, -0.2) is 4.98 Å². The Balaban J connectivity index is 1.93. The standard InChI is InChI=1S/C16H14N2O2S2/c1-9-3-4-10(7-11(9)20-2)8-12-14(19)13(15(17)22-12)16-18-5-6-21-16/h3-8,13,17H,1-2H3. The molecule has 0 spiro atoms. The Morgan fingerprint density at radius 1 is 1.41 bits per heavy atom. The molecule has 0 aliphatic carbocycles. The second kappa shape index (κ2) is 6.06. The molecule has 1 saturated heterocycles. The van der Waals surface area contributed by atoms with Gasteiger partial charge in [0.25, 0.3) is 0 Å². The average Bonchev–Trinajstić information content (AvgIpc) is 3.10. The third-order valence-corrected chi connectivity index (χ3v) is 5.25. The first kappa shape index (κ1) is 15.0. The third-order valence-electron chi connectivity index (χ3n) is 3.42. The van der Waals surface area contributed by atoms with E-state index in [2.05, 4.69) is 4.98 Å². The van der Waals surface area contributed by atoms with Crippen LogP contribution >= 0.6 is 23.1 Å². The Kier molecular flexibility index (Phi) is 4.13. The molecule has 1 aromatic carbocycles. The Morgan fingerprint density at radius 2 is 2.23 bits per heavy atom. The van der Waals surface area contributed by atoms with Crippen LogP contribution < -0.4 is 4.74 Å². The number of hydrogen-bond acceptors (Lipinski definition) is 6. The van der Waals surface area contributed by atoms with Crippen molar-refractivity contribution < 1.29 is 9.53 Å². The van der Waals surface area contributed by atoms with Crippen LogP contribution in [0.4, 0.5) is 0 Å². The van der Waals surface area contributed by atoms with Crippen LogP contribution in [-0.4, -0.2) is 22.9 Å². The molecule has 1 N–H and O–H groups in total. The molecule has 112 valence electrons. The topological polar surface area (TPSA) is 63.0 Å². The highest BCUT2D eigenvalue weighted by Gasteiger charge is 2.38. The molecule has 2 heterocycles. The van der Waals surface area contributed by atoms with Gasteiger partial charge in [-0.2, -0.15) is 0 Å². The molecule has 0 saturated carbocycles. The highest BCUT2D eigenvalue weighted by atomic mass is 32.2. The lowest BCUT2D eigenvalue weighted by atomic mass is 10.0. The fraction of sp³-hybridized carbons (Fsp3) is 0.188. The highest BCUT2D eigenvalue weighted by Crippen LogP contribution is 2.41. The van der Waals surface area contributed by atoms with E-state index in [0.717, 1.165) is 16.9 Å². The zero-order chi connectivity index (χ0) is 15.7. The molecule has 1 atom stereocenters. The second-order valence-corrected chi connectivity index (χ2v) is 6.88. The molecule has 3 rings (SSSR count). The molecule has 1 aliphatic rings. The number of carbonyl (C=O) groups is 1. The SMILES string of the molecule is COc1cc(C=C2SC(=N)C(c3nccs3)C2=O)ccc1C. The fourth-order valence-corrected chi connectivity index (χ4v) is 4.07. The van der Waals surface area contributed by atoms with Crippen LogP contribution in [0.1, 0.15) is 22.1 Å². The number of nitrogens with zero attached hydrogens (tertiary/aromatic N) is 1. The van der Waals surface area contributed by atoms with Crippen LogP contribution in [-0.2, 0) is 4.79 Å². The maximum absolute atomic E-state index is 12.5. The van der Waals surface area contributed by atoms with Gasteiger partial charge < -0.3 is 4.74 Å². The highest BCUT2D eigenvalue weighted by molar-refractivity contribution is 8.19. The number of methoxy groups -OCH3 is 1. The van der Waals surface area contributed by atoms with Gasteiger partial charge in [-0.3, -0.25) is 10.2 Å². The monoisotopic (exact) mass is 330 g/mol. The summed E-state index contributed by atoms with van der Waals surface area (Å²) in [5, 5.41) is 10.9. The Labute approximate surface area is 136 Å². The number of aromatic nitrogens is 1. The summed E-state index contributed by atoms with van der Waals surface area (Å²) >= 11 is 2.62. The number of Topliss-reactive ketones (excluding diaryl/α,β-unsaturated/α-hetero) is 1. The van der Waals surface area contributed by atoms with Gasteiger partial charge in [-0.1, -0.05) is 23.9 Å². The van der Waals surface area contributed by atoms with Crippen molar-refractivity contribution in [2.75, 3.05) is 7.11 Å². The summed E-state index contributed by atoms with van der Waals surface area (Å²) in [6.07, 6.45) is 3.48. The number of ether oxygens (including phenoxy) is 1. The van der Waals surface area contributed by atoms with Crippen molar-refractivity contribution in [1.29, 1.82) is 5.41 Å². The van der Waals surface area contributed by atoms with E-state index >= 15 is 0 Å². The molecule has 0 radical (unpaired) electrons. The fourth-order valence-electron chi connectivity index (χ4n) is 2.27. The molecule has 4 nitrogen and oxygen atoms in total. The second-order valence-electron chi connectivity index (χ2n) is 4.87. The van der Waals surface area contributed by atoms with Crippen LogP contribution in [0.2, 0.25) is 0 Å². The minimum atomic E-state index is -0.538. The minimum Gasteiger partial charge on any atom is -0.496 e. The number of aryl methyl sites for hydroxylation is 1. The average molecular weight is 330 g/mol. The van der Waals surface area contributed by atoms with Gasteiger partial charge in [0.15, 0.2) is 5.78 Å². The lowest BCUT2D eigenvalue weighted by Gasteiger charge is -2.05. The van der Waals surface area contributed by atoms with Gasteiger partial charge in [-0.15, -0.1) is 11.3 Å². The van der Waals surface area contributed by atoms with Gasteiger partial charge in [0.2, 0.25) is 0 Å². The number of thiazole rings is 1. The summed E-state index contributed by atoms with van der Waals surface area (Å²) in [6.45, 7) is 1.97. The van der Waals surface area contributed by atoms with E-state index in [1.807, 2.05) is 36.6 Å².